The Morgan fingerprint density at radius 3 is 2.45 bits per heavy atom. The summed E-state index contributed by atoms with van der Waals surface area (Å²) >= 11 is 0. The minimum Gasteiger partial charge on any atom is -0.491 e. The highest BCUT2D eigenvalue weighted by Gasteiger charge is 2.21. The number of β-amino-alcohol motifs (C(OH)–C–C–N with tert-alkyl or cyclic N) is 1. The minimum absolute atomic E-state index is 0.0342. The summed E-state index contributed by atoms with van der Waals surface area (Å²) in [6, 6.07) is 6.68. The largest absolute Gasteiger partial charge is 0.491 e. The van der Waals surface area contributed by atoms with E-state index in [1.54, 1.807) is 38.3 Å². The highest BCUT2D eigenvalue weighted by atomic mass is 16.5. The third-order valence-electron chi connectivity index (χ3n) is 4.96. The molecule has 0 radical (unpaired) electrons. The number of methoxy groups -OCH3 is 1. The van der Waals surface area contributed by atoms with Crippen LogP contribution in [0.15, 0.2) is 24.3 Å². The Kier molecular flexibility index (Phi) is 11.3. The molecule has 9 heteroatoms. The Labute approximate surface area is 184 Å². The van der Waals surface area contributed by atoms with Gasteiger partial charge in [0, 0.05) is 53.0 Å². The van der Waals surface area contributed by atoms with Crippen LogP contribution in [-0.2, 0) is 14.3 Å². The van der Waals surface area contributed by atoms with Crippen molar-refractivity contribution < 1.29 is 28.9 Å². The van der Waals surface area contributed by atoms with Gasteiger partial charge in [0.25, 0.3) is 0 Å². The van der Waals surface area contributed by atoms with E-state index in [9.17, 15) is 14.7 Å². The number of nitrogens with zero attached hydrogens (tertiary/aromatic N) is 2. The van der Waals surface area contributed by atoms with Gasteiger partial charge in [0.1, 0.15) is 18.5 Å². The van der Waals surface area contributed by atoms with Gasteiger partial charge in [-0.15, -0.1) is 0 Å². The van der Waals surface area contributed by atoms with Crippen molar-refractivity contribution in [2.45, 2.75) is 19.4 Å². The summed E-state index contributed by atoms with van der Waals surface area (Å²) in [5.41, 5.74) is 0.469. The third-order valence-corrected chi connectivity index (χ3v) is 4.96. The van der Waals surface area contributed by atoms with Gasteiger partial charge >= 0.3 is 5.97 Å². The van der Waals surface area contributed by atoms with Gasteiger partial charge in [-0.1, -0.05) is 0 Å². The van der Waals surface area contributed by atoms with E-state index >= 15 is 0 Å². The van der Waals surface area contributed by atoms with Crippen LogP contribution in [0.25, 0.3) is 0 Å². The van der Waals surface area contributed by atoms with Gasteiger partial charge in [-0.25, -0.2) is 4.79 Å². The van der Waals surface area contributed by atoms with E-state index in [-0.39, 0.29) is 18.5 Å². The van der Waals surface area contributed by atoms with E-state index in [0.29, 0.717) is 44.2 Å². The Morgan fingerprint density at radius 1 is 1.13 bits per heavy atom. The number of aliphatic hydroxyl groups excluding tert-OH is 1. The maximum absolute atomic E-state index is 12.0. The van der Waals surface area contributed by atoms with Gasteiger partial charge < -0.3 is 24.6 Å². The van der Waals surface area contributed by atoms with E-state index in [2.05, 4.69) is 15.1 Å². The van der Waals surface area contributed by atoms with E-state index in [1.807, 2.05) is 0 Å². The number of aliphatic hydroxyl groups is 1. The summed E-state index contributed by atoms with van der Waals surface area (Å²) in [6.07, 6.45) is 0.186. The van der Waals surface area contributed by atoms with Crippen molar-refractivity contribution in [2.24, 2.45) is 0 Å². The Hall–Kier alpha value is -2.20. The molecule has 174 valence electrons. The molecule has 1 atom stereocenters. The predicted octanol–water partition coefficient (Wildman–Crippen LogP) is 0.373. The lowest BCUT2D eigenvalue weighted by Crippen LogP contribution is -2.51. The van der Waals surface area contributed by atoms with Gasteiger partial charge in [0.15, 0.2) is 0 Å². The third kappa shape index (κ3) is 9.65. The first kappa shape index (κ1) is 25.1. The van der Waals surface area contributed by atoms with Crippen molar-refractivity contribution in [3.63, 3.8) is 0 Å². The zero-order valence-electron chi connectivity index (χ0n) is 18.5. The van der Waals surface area contributed by atoms with Crippen LogP contribution in [0.2, 0.25) is 0 Å². The molecule has 2 N–H and O–H groups in total. The highest BCUT2D eigenvalue weighted by molar-refractivity contribution is 5.89. The SMILES string of the molecule is CCOC(=O)c1ccc(OCC(O)CN2CCN(CC(=O)NCCCOC)CC2)cc1. The molecule has 1 aromatic carbocycles. The minimum atomic E-state index is -0.625. The maximum Gasteiger partial charge on any atom is 0.338 e. The molecule has 0 saturated carbocycles. The van der Waals surface area contributed by atoms with Crippen molar-refractivity contribution in [2.75, 3.05) is 72.7 Å². The van der Waals surface area contributed by atoms with Gasteiger partial charge in [0.2, 0.25) is 5.91 Å². The molecule has 0 aliphatic carbocycles. The molecule has 31 heavy (non-hydrogen) atoms. The second-order valence-electron chi connectivity index (χ2n) is 7.48. The first-order chi connectivity index (χ1) is 15.0. The molecule has 1 aliphatic rings. The second kappa shape index (κ2) is 14.0. The first-order valence-electron chi connectivity index (χ1n) is 10.8. The lowest BCUT2D eigenvalue weighted by molar-refractivity contribution is -0.122. The quantitative estimate of drug-likeness (QED) is 0.337. The molecule has 1 unspecified atom stereocenters. The van der Waals surface area contributed by atoms with Gasteiger partial charge in [-0.3, -0.25) is 14.6 Å². The second-order valence-corrected chi connectivity index (χ2v) is 7.48. The number of nitrogens with one attached hydrogen (secondary N) is 1. The molecule has 9 nitrogen and oxygen atoms in total. The van der Waals surface area contributed by atoms with Crippen LogP contribution in [0, 0.1) is 0 Å². The fourth-order valence-corrected chi connectivity index (χ4v) is 3.28. The highest BCUT2D eigenvalue weighted by Crippen LogP contribution is 2.13. The molecular formula is C22H35N3O6. The molecule has 0 spiro atoms. The summed E-state index contributed by atoms with van der Waals surface area (Å²) in [7, 11) is 1.65. The molecule has 1 fully saturated rings. The van der Waals surface area contributed by atoms with E-state index in [1.165, 1.54) is 0 Å². The number of hydrogen-bond acceptors (Lipinski definition) is 8. The van der Waals surface area contributed by atoms with Crippen molar-refractivity contribution in [3.8, 4) is 5.75 Å². The lowest BCUT2D eigenvalue weighted by atomic mass is 10.2. The van der Waals surface area contributed by atoms with Crippen LogP contribution < -0.4 is 10.1 Å². The molecule has 0 bridgehead atoms. The zero-order chi connectivity index (χ0) is 22.5. The number of carbonyl (C=O) groups excluding carboxylic acids is 2. The lowest BCUT2D eigenvalue weighted by Gasteiger charge is -2.35. The number of amides is 1. The summed E-state index contributed by atoms with van der Waals surface area (Å²) in [4.78, 5) is 27.9. The van der Waals surface area contributed by atoms with Crippen LogP contribution in [0.4, 0.5) is 0 Å². The number of hydrogen-bond donors (Lipinski definition) is 2. The monoisotopic (exact) mass is 437 g/mol. The molecule has 1 heterocycles. The predicted molar refractivity (Wildman–Crippen MR) is 116 cm³/mol. The Morgan fingerprint density at radius 2 is 1.81 bits per heavy atom. The van der Waals surface area contributed by atoms with Crippen LogP contribution >= 0.6 is 0 Å². The van der Waals surface area contributed by atoms with Crippen LogP contribution in [0.3, 0.4) is 0 Å². The van der Waals surface area contributed by atoms with Crippen molar-refractivity contribution >= 4 is 11.9 Å². The number of carbonyl (C=O) groups is 2. The average molecular weight is 438 g/mol. The molecule has 2 rings (SSSR count). The van der Waals surface area contributed by atoms with Crippen LogP contribution in [0.1, 0.15) is 23.7 Å². The van der Waals surface area contributed by atoms with Crippen molar-refractivity contribution in [3.05, 3.63) is 29.8 Å². The van der Waals surface area contributed by atoms with Crippen molar-refractivity contribution in [1.29, 1.82) is 0 Å². The number of esters is 1. The standard InChI is InChI=1S/C22H35N3O6/c1-3-30-22(28)18-5-7-20(8-6-18)31-17-19(26)15-24-10-12-25(13-11-24)16-21(27)23-9-4-14-29-2/h5-8,19,26H,3-4,9-17H2,1-2H3,(H,23,27). The Bertz CT molecular complexity index is 662. The van der Waals surface area contributed by atoms with Crippen molar-refractivity contribution in [1.82, 2.24) is 15.1 Å². The summed E-state index contributed by atoms with van der Waals surface area (Å²) in [5, 5.41) is 13.2. The molecule has 1 aliphatic heterocycles. The number of rotatable bonds is 13. The normalized spacial score (nSPS) is 16.0. The maximum atomic E-state index is 12.0. The average Bonchev–Trinajstić information content (AvgIpc) is 2.77. The summed E-state index contributed by atoms with van der Waals surface area (Å²) in [5.74, 6) is 0.261. The number of benzene rings is 1. The van der Waals surface area contributed by atoms with Crippen LogP contribution in [-0.4, -0.2) is 106 Å². The summed E-state index contributed by atoms with van der Waals surface area (Å²) in [6.45, 7) is 7.61. The fourth-order valence-electron chi connectivity index (χ4n) is 3.28. The smallest absolute Gasteiger partial charge is 0.338 e. The summed E-state index contributed by atoms with van der Waals surface area (Å²) < 4.78 is 15.5. The van der Waals surface area contributed by atoms with E-state index in [0.717, 1.165) is 32.6 Å². The molecule has 1 aromatic rings. The molecular weight excluding hydrogens is 402 g/mol. The Balaban J connectivity index is 1.61. The van der Waals surface area contributed by atoms with Gasteiger partial charge in [-0.05, 0) is 37.6 Å². The number of piperazine rings is 1. The molecule has 1 amide bonds. The van der Waals surface area contributed by atoms with Crippen LogP contribution in [0.5, 0.6) is 5.75 Å². The zero-order valence-corrected chi connectivity index (χ0v) is 18.5. The first-order valence-corrected chi connectivity index (χ1v) is 10.8. The van der Waals surface area contributed by atoms with E-state index in [4.69, 9.17) is 14.2 Å². The molecule has 0 aromatic heterocycles. The molecule has 1 saturated heterocycles. The topological polar surface area (TPSA) is 101 Å². The number of ether oxygens (including phenoxy) is 3. The fraction of sp³-hybridized carbons (Fsp3) is 0.636. The van der Waals surface area contributed by atoms with Gasteiger partial charge in [-0.2, -0.15) is 0 Å². The van der Waals surface area contributed by atoms with E-state index < -0.39 is 6.10 Å². The van der Waals surface area contributed by atoms with Gasteiger partial charge in [0.05, 0.1) is 18.7 Å².